The van der Waals surface area contributed by atoms with Crippen molar-refractivity contribution in [3.8, 4) is 0 Å². The first kappa shape index (κ1) is 15.3. The van der Waals surface area contributed by atoms with E-state index in [1.807, 2.05) is 0 Å². The number of rotatable bonds is 1. The zero-order valence-electron chi connectivity index (χ0n) is 12.4. The quantitative estimate of drug-likeness (QED) is 0.860. The maximum absolute atomic E-state index is 12.7. The number of para-hydroxylation sites is 1. The zero-order chi connectivity index (χ0) is 16.6. The van der Waals surface area contributed by atoms with Crippen molar-refractivity contribution in [2.75, 3.05) is 0 Å². The number of carbonyl (C=O) groups is 2. The number of carbonyl (C=O) groups excluding carboxylic acids is 2. The Morgan fingerprint density at radius 3 is 2.74 bits per heavy atom. The number of amides is 2. The lowest BCUT2D eigenvalue weighted by atomic mass is 10.1. The number of thioether (sulfide) groups is 1. The van der Waals surface area contributed by atoms with Crippen LogP contribution in [-0.2, 0) is 9.59 Å². The molecule has 1 N–H and O–H groups in total. The molecule has 23 heavy (non-hydrogen) atoms. The van der Waals surface area contributed by atoms with Crippen molar-refractivity contribution in [3.05, 3.63) is 46.3 Å². The third-order valence-electron chi connectivity index (χ3n) is 3.22. The number of hydrazone groups is 1. The summed E-state index contributed by atoms with van der Waals surface area (Å²) in [5.41, 5.74) is 0.546. The fourth-order valence-corrected chi connectivity index (χ4v) is 3.36. The van der Waals surface area contributed by atoms with Crippen molar-refractivity contribution in [1.29, 1.82) is 0 Å². The molecule has 8 heteroatoms. The number of benzene rings is 1. The third-order valence-corrected chi connectivity index (χ3v) is 4.31. The van der Waals surface area contributed by atoms with Crippen LogP contribution in [-0.4, -0.2) is 22.0 Å². The fourth-order valence-electron chi connectivity index (χ4n) is 2.23. The van der Waals surface area contributed by atoms with Gasteiger partial charge in [-0.2, -0.15) is 0 Å². The van der Waals surface area contributed by atoms with Crippen LogP contribution < -0.4 is 10.7 Å². The van der Waals surface area contributed by atoms with Gasteiger partial charge in [-0.3, -0.25) is 14.4 Å². The minimum atomic E-state index is -0.671. The molecule has 0 saturated heterocycles. The van der Waals surface area contributed by atoms with Crippen molar-refractivity contribution >= 4 is 39.7 Å². The number of fused-ring (bicyclic) bond motifs is 1. The molecule has 1 atom stereocenters. The van der Waals surface area contributed by atoms with Gasteiger partial charge in [-0.25, -0.2) is 5.01 Å². The second-order valence-electron chi connectivity index (χ2n) is 4.94. The average Bonchev–Trinajstić information content (AvgIpc) is 2.91. The highest BCUT2D eigenvalue weighted by molar-refractivity contribution is 8.14. The first-order chi connectivity index (χ1) is 11.0. The van der Waals surface area contributed by atoms with E-state index in [9.17, 15) is 14.4 Å². The smallest absolute Gasteiger partial charge is 0.241 e. The van der Waals surface area contributed by atoms with E-state index in [1.165, 1.54) is 20.1 Å². The molecule has 0 fully saturated rings. The van der Waals surface area contributed by atoms with E-state index in [1.54, 1.807) is 24.3 Å². The number of hydrogen-bond donors (Lipinski definition) is 1. The Bertz CT molecular complexity index is 890. The molecule has 1 aliphatic rings. The highest BCUT2D eigenvalue weighted by Crippen LogP contribution is 2.37. The van der Waals surface area contributed by atoms with Gasteiger partial charge in [0.05, 0.1) is 10.9 Å². The van der Waals surface area contributed by atoms with Crippen LogP contribution in [0.15, 0.2) is 44.8 Å². The lowest BCUT2D eigenvalue weighted by molar-refractivity contribution is -0.129. The molecule has 2 heterocycles. The zero-order valence-corrected chi connectivity index (χ0v) is 13.2. The molecule has 0 radical (unpaired) electrons. The number of hydrogen-bond acceptors (Lipinski definition) is 6. The van der Waals surface area contributed by atoms with E-state index < -0.39 is 5.37 Å². The second-order valence-corrected chi connectivity index (χ2v) is 6.01. The lowest BCUT2D eigenvalue weighted by Crippen LogP contribution is -2.26. The Hall–Kier alpha value is -2.61. The summed E-state index contributed by atoms with van der Waals surface area (Å²) in [4.78, 5) is 35.6. The fraction of sp³-hybridized carbons (Fsp3) is 0.200. The summed E-state index contributed by atoms with van der Waals surface area (Å²) in [5.74, 6) is -0.638. The van der Waals surface area contributed by atoms with Gasteiger partial charge in [0.2, 0.25) is 11.8 Å². The van der Waals surface area contributed by atoms with Crippen LogP contribution in [0.25, 0.3) is 11.0 Å². The molecule has 0 saturated carbocycles. The van der Waals surface area contributed by atoms with Crippen molar-refractivity contribution in [2.24, 2.45) is 5.10 Å². The Kier molecular flexibility index (Phi) is 3.91. The highest BCUT2D eigenvalue weighted by Gasteiger charge is 2.34. The Labute approximate surface area is 135 Å². The predicted molar refractivity (Wildman–Crippen MR) is 86.6 cm³/mol. The summed E-state index contributed by atoms with van der Waals surface area (Å²) in [6.45, 7) is 2.69. The van der Waals surface area contributed by atoms with Crippen molar-refractivity contribution < 1.29 is 14.0 Å². The molecule has 2 aromatic rings. The Morgan fingerprint density at radius 1 is 1.30 bits per heavy atom. The molecular weight excluding hydrogens is 318 g/mol. The monoisotopic (exact) mass is 331 g/mol. The second kappa shape index (κ2) is 5.88. The van der Waals surface area contributed by atoms with Crippen LogP contribution in [0.2, 0.25) is 0 Å². The summed E-state index contributed by atoms with van der Waals surface area (Å²) in [5, 5.41) is 7.78. The molecule has 1 aromatic carbocycles. The minimum absolute atomic E-state index is 0.227. The van der Waals surface area contributed by atoms with E-state index >= 15 is 0 Å². The van der Waals surface area contributed by atoms with E-state index in [4.69, 9.17) is 4.42 Å². The topological polar surface area (TPSA) is 92.0 Å². The van der Waals surface area contributed by atoms with E-state index in [0.29, 0.717) is 16.5 Å². The van der Waals surface area contributed by atoms with Crippen LogP contribution in [0.3, 0.4) is 0 Å². The van der Waals surface area contributed by atoms with Gasteiger partial charge in [-0.1, -0.05) is 23.9 Å². The van der Waals surface area contributed by atoms with Gasteiger partial charge in [-0.05, 0) is 12.1 Å². The van der Waals surface area contributed by atoms with E-state index in [-0.39, 0.29) is 22.4 Å². The summed E-state index contributed by atoms with van der Waals surface area (Å²) in [6, 6.07) is 6.88. The molecule has 0 spiro atoms. The largest absolute Gasteiger partial charge is 0.464 e. The van der Waals surface area contributed by atoms with E-state index in [0.717, 1.165) is 16.8 Å². The Balaban J connectivity index is 2.04. The van der Waals surface area contributed by atoms with Gasteiger partial charge in [0.25, 0.3) is 0 Å². The first-order valence-electron chi connectivity index (χ1n) is 6.80. The van der Waals surface area contributed by atoms with E-state index in [2.05, 4.69) is 10.4 Å². The molecule has 7 nitrogen and oxygen atoms in total. The molecule has 0 unspecified atom stereocenters. The minimum Gasteiger partial charge on any atom is -0.464 e. The van der Waals surface area contributed by atoms with Gasteiger partial charge >= 0.3 is 0 Å². The summed E-state index contributed by atoms with van der Waals surface area (Å²) in [7, 11) is 0. The van der Waals surface area contributed by atoms with Crippen LogP contribution >= 0.6 is 11.8 Å². The van der Waals surface area contributed by atoms with Crippen molar-refractivity contribution in [1.82, 2.24) is 10.3 Å². The molecule has 1 aromatic heterocycles. The Morgan fingerprint density at radius 2 is 2.04 bits per heavy atom. The maximum Gasteiger partial charge on any atom is 0.241 e. The van der Waals surface area contributed by atoms with Gasteiger partial charge in [-0.15, -0.1) is 5.10 Å². The van der Waals surface area contributed by atoms with Gasteiger partial charge in [0, 0.05) is 13.8 Å². The lowest BCUT2D eigenvalue weighted by Gasteiger charge is -2.18. The van der Waals surface area contributed by atoms with Gasteiger partial charge in [0.15, 0.2) is 10.6 Å². The first-order valence-corrected chi connectivity index (χ1v) is 7.68. The molecular formula is C15H13N3O4S. The summed E-state index contributed by atoms with van der Waals surface area (Å²) in [6.07, 6.45) is 1.34. The van der Waals surface area contributed by atoms with Crippen molar-refractivity contribution in [2.45, 2.75) is 19.2 Å². The molecule has 3 rings (SSSR count). The van der Waals surface area contributed by atoms with Crippen LogP contribution in [0.4, 0.5) is 0 Å². The van der Waals surface area contributed by atoms with Crippen LogP contribution in [0.1, 0.15) is 24.8 Å². The standard InChI is InChI=1S/C15H13N3O4S/c1-8(19)16-15-17-18(9(2)20)14(23-15)11-7-22-12-6-4-3-5-10(12)13(11)21/h3-7,14H,1-2H3,(H,16,17,19)/t14-/m0/s1. The van der Waals surface area contributed by atoms with Gasteiger partial charge < -0.3 is 9.73 Å². The molecule has 2 amide bonds. The van der Waals surface area contributed by atoms with Crippen LogP contribution in [0.5, 0.6) is 0 Å². The van der Waals surface area contributed by atoms with Crippen LogP contribution in [0, 0.1) is 0 Å². The normalized spacial score (nSPS) is 17.2. The number of amidine groups is 1. The molecule has 0 bridgehead atoms. The third kappa shape index (κ3) is 2.85. The number of nitrogens with zero attached hydrogens (tertiary/aromatic N) is 2. The SMILES string of the molecule is CC(=O)NC1=NN(C(C)=O)[C@H](c2coc3ccccc3c2=O)S1. The number of nitrogens with one attached hydrogen (secondary N) is 1. The maximum atomic E-state index is 12.7. The summed E-state index contributed by atoms with van der Waals surface area (Å²) < 4.78 is 5.49. The summed E-state index contributed by atoms with van der Waals surface area (Å²) >= 11 is 1.11. The molecule has 1 aliphatic heterocycles. The predicted octanol–water partition coefficient (Wildman–Crippen LogP) is 1.79. The molecule has 0 aliphatic carbocycles. The van der Waals surface area contributed by atoms with Gasteiger partial charge in [0.1, 0.15) is 17.2 Å². The highest BCUT2D eigenvalue weighted by atomic mass is 32.2. The average molecular weight is 331 g/mol. The van der Waals surface area contributed by atoms with Crippen molar-refractivity contribution in [3.63, 3.8) is 0 Å². The molecule has 118 valence electrons.